The monoisotopic (exact) mass is 486 g/mol. The lowest BCUT2D eigenvalue weighted by molar-refractivity contribution is 0.135. The van der Waals surface area contributed by atoms with Gasteiger partial charge in [-0.2, -0.15) is 5.01 Å². The van der Waals surface area contributed by atoms with Crippen molar-refractivity contribution in [2.75, 3.05) is 18.2 Å². The van der Waals surface area contributed by atoms with E-state index in [0.717, 1.165) is 0 Å². The second kappa shape index (κ2) is 9.48. The third-order valence-corrected chi connectivity index (χ3v) is 3.21. The molecule has 0 aliphatic carbocycles. The number of hydrogen-bond donors (Lipinski definition) is 2. The lowest BCUT2D eigenvalue weighted by Crippen LogP contribution is -2.48. The number of alkyl halides is 6. The van der Waals surface area contributed by atoms with E-state index >= 15 is 0 Å². The van der Waals surface area contributed by atoms with Gasteiger partial charge in [-0.05, 0) is 30.7 Å². The van der Waals surface area contributed by atoms with Crippen molar-refractivity contribution in [3.63, 3.8) is 0 Å². The zero-order valence-electron chi connectivity index (χ0n) is 12.9. The summed E-state index contributed by atoms with van der Waals surface area (Å²) in [4.78, 5) is 24.1. The Morgan fingerprint density at radius 1 is 1.08 bits per heavy atom. The average Bonchev–Trinajstić information content (AvgIpc) is 2.49. The highest BCUT2D eigenvalue weighted by molar-refractivity contribution is 6.68. The van der Waals surface area contributed by atoms with Crippen LogP contribution in [-0.2, 0) is 9.47 Å². The van der Waals surface area contributed by atoms with Crippen molar-refractivity contribution >= 4 is 87.5 Å². The van der Waals surface area contributed by atoms with E-state index in [1.807, 2.05) is 0 Å². The molecular formula is C13H12Cl6N2O5. The van der Waals surface area contributed by atoms with Crippen LogP contribution in [0.1, 0.15) is 5.56 Å². The number of amides is 2. The van der Waals surface area contributed by atoms with Gasteiger partial charge >= 0.3 is 12.2 Å². The molecule has 7 nitrogen and oxygen atoms in total. The van der Waals surface area contributed by atoms with Crippen molar-refractivity contribution < 1.29 is 24.2 Å². The molecule has 0 radical (unpaired) electrons. The predicted molar refractivity (Wildman–Crippen MR) is 102 cm³/mol. The first-order valence-corrected chi connectivity index (χ1v) is 8.89. The number of hydrazine groups is 1. The molecule has 1 aromatic carbocycles. The van der Waals surface area contributed by atoms with Gasteiger partial charge in [0.05, 0.1) is 5.69 Å². The third-order valence-electron chi connectivity index (χ3n) is 2.55. The van der Waals surface area contributed by atoms with E-state index in [9.17, 15) is 14.7 Å². The minimum absolute atomic E-state index is 0.0258. The molecule has 0 atom stereocenters. The molecular weight excluding hydrogens is 477 g/mol. The number of aryl methyl sites for hydroxylation is 1. The quantitative estimate of drug-likeness (QED) is 0.460. The third kappa shape index (κ3) is 8.79. The van der Waals surface area contributed by atoms with Crippen LogP contribution in [0.25, 0.3) is 0 Å². The molecule has 0 aromatic heterocycles. The van der Waals surface area contributed by atoms with Gasteiger partial charge < -0.3 is 14.6 Å². The van der Waals surface area contributed by atoms with Crippen molar-refractivity contribution in [1.29, 1.82) is 0 Å². The summed E-state index contributed by atoms with van der Waals surface area (Å²) in [6.07, 6.45) is -2.21. The van der Waals surface area contributed by atoms with Gasteiger partial charge in [0.1, 0.15) is 19.0 Å². The molecule has 0 bridgehead atoms. The first-order chi connectivity index (χ1) is 11.8. The maximum atomic E-state index is 12.2. The summed E-state index contributed by atoms with van der Waals surface area (Å²) < 4.78 is 5.81. The van der Waals surface area contributed by atoms with Gasteiger partial charge in [-0.15, -0.1) is 0 Å². The van der Waals surface area contributed by atoms with Crippen LogP contribution in [0.5, 0.6) is 5.75 Å². The van der Waals surface area contributed by atoms with Crippen LogP contribution in [0.3, 0.4) is 0 Å². The molecule has 26 heavy (non-hydrogen) atoms. The highest BCUT2D eigenvalue weighted by Gasteiger charge is 2.28. The maximum absolute atomic E-state index is 12.2. The van der Waals surface area contributed by atoms with E-state index in [4.69, 9.17) is 74.3 Å². The van der Waals surface area contributed by atoms with Gasteiger partial charge in [-0.1, -0.05) is 69.6 Å². The lowest BCUT2D eigenvalue weighted by Gasteiger charge is -2.24. The summed E-state index contributed by atoms with van der Waals surface area (Å²) >= 11 is 33.0. The normalized spacial score (nSPS) is 11.7. The van der Waals surface area contributed by atoms with E-state index < -0.39 is 33.0 Å². The molecule has 0 aliphatic heterocycles. The van der Waals surface area contributed by atoms with Crippen molar-refractivity contribution in [2.24, 2.45) is 0 Å². The van der Waals surface area contributed by atoms with Crippen LogP contribution in [0.2, 0.25) is 0 Å². The zero-order valence-corrected chi connectivity index (χ0v) is 17.5. The number of ether oxygens (including phenoxy) is 2. The topological polar surface area (TPSA) is 88.1 Å². The van der Waals surface area contributed by atoms with Crippen LogP contribution in [0, 0.1) is 6.92 Å². The molecule has 146 valence electrons. The highest BCUT2D eigenvalue weighted by atomic mass is 35.6. The number of halogens is 6. The maximum Gasteiger partial charge on any atom is 0.433 e. The molecule has 0 saturated heterocycles. The highest BCUT2D eigenvalue weighted by Crippen LogP contribution is 2.28. The number of aromatic hydroxyl groups is 1. The molecule has 2 amide bonds. The lowest BCUT2D eigenvalue weighted by atomic mass is 10.2. The van der Waals surface area contributed by atoms with E-state index in [1.165, 1.54) is 18.2 Å². The minimum Gasteiger partial charge on any atom is -0.508 e. The molecule has 1 rings (SSSR count). The van der Waals surface area contributed by atoms with Gasteiger partial charge in [0.15, 0.2) is 0 Å². The van der Waals surface area contributed by atoms with E-state index in [-0.39, 0.29) is 11.4 Å². The van der Waals surface area contributed by atoms with Crippen LogP contribution in [-0.4, -0.2) is 38.1 Å². The fraction of sp³-hybridized carbons (Fsp3) is 0.385. The fourth-order valence-electron chi connectivity index (χ4n) is 1.47. The fourth-order valence-corrected chi connectivity index (χ4v) is 1.80. The van der Waals surface area contributed by atoms with Gasteiger partial charge in [-0.3, -0.25) is 0 Å². The Kier molecular flexibility index (Phi) is 8.51. The van der Waals surface area contributed by atoms with Gasteiger partial charge in [-0.25, -0.2) is 15.0 Å². The molecule has 0 aliphatic rings. The predicted octanol–water partition coefficient (Wildman–Crippen LogP) is 5.03. The second-order valence-electron chi connectivity index (χ2n) is 4.78. The number of nitrogens with one attached hydrogen (secondary N) is 1. The standard InChI is InChI=1S/C13H12Cl6N2O5/c1-7-4-8(2-3-9(7)22)21(11(24)26-6-13(17,18)19)20-10(23)25-5-12(14,15)16/h2-4,22H,5-6H2,1H3,(H,20,23). The molecule has 13 heteroatoms. The molecule has 1 aromatic rings. The van der Waals surface area contributed by atoms with Crippen molar-refractivity contribution in [3.05, 3.63) is 23.8 Å². The first kappa shape index (κ1) is 23.3. The Bertz CT molecular complexity index is 661. The minimum atomic E-state index is -1.86. The summed E-state index contributed by atoms with van der Waals surface area (Å²) in [5.41, 5.74) is 2.64. The number of phenols is 1. The number of anilines is 1. The van der Waals surface area contributed by atoms with Crippen molar-refractivity contribution in [3.8, 4) is 5.75 Å². The molecule has 2 N–H and O–H groups in total. The van der Waals surface area contributed by atoms with Crippen molar-refractivity contribution in [1.82, 2.24) is 5.43 Å². The summed E-state index contributed by atoms with van der Waals surface area (Å²) in [5, 5.41) is 10.3. The number of phenolic OH excluding ortho intramolecular Hbond substituents is 1. The van der Waals surface area contributed by atoms with E-state index in [2.05, 4.69) is 10.2 Å². The number of hydrogen-bond acceptors (Lipinski definition) is 5. The zero-order chi connectivity index (χ0) is 20.1. The Morgan fingerprint density at radius 3 is 2.12 bits per heavy atom. The van der Waals surface area contributed by atoms with Crippen LogP contribution in [0.4, 0.5) is 15.3 Å². The van der Waals surface area contributed by atoms with Crippen molar-refractivity contribution in [2.45, 2.75) is 14.5 Å². The van der Waals surface area contributed by atoms with Gasteiger partial charge in [0, 0.05) is 0 Å². The molecule has 0 spiro atoms. The van der Waals surface area contributed by atoms with E-state index in [0.29, 0.717) is 10.6 Å². The molecule has 0 saturated carbocycles. The Hall–Kier alpha value is -0.700. The molecule has 0 heterocycles. The van der Waals surface area contributed by atoms with Crippen LogP contribution < -0.4 is 10.4 Å². The number of rotatable bonds is 3. The van der Waals surface area contributed by atoms with Crippen LogP contribution >= 0.6 is 69.6 Å². The molecule has 0 fully saturated rings. The first-order valence-electron chi connectivity index (χ1n) is 6.62. The Labute approximate surface area is 178 Å². The smallest absolute Gasteiger partial charge is 0.433 e. The Balaban J connectivity index is 2.95. The van der Waals surface area contributed by atoms with Gasteiger partial charge in [0.25, 0.3) is 0 Å². The largest absolute Gasteiger partial charge is 0.508 e. The van der Waals surface area contributed by atoms with E-state index in [1.54, 1.807) is 6.92 Å². The van der Waals surface area contributed by atoms with Crippen LogP contribution in [0.15, 0.2) is 18.2 Å². The summed E-state index contributed by atoms with van der Waals surface area (Å²) in [6.45, 7) is 0.412. The summed E-state index contributed by atoms with van der Waals surface area (Å²) in [7, 11) is 0. The SMILES string of the molecule is Cc1cc(N(NC(=O)OCC(Cl)(Cl)Cl)C(=O)OCC(Cl)(Cl)Cl)ccc1O. The summed E-state index contributed by atoms with van der Waals surface area (Å²) in [6, 6.07) is 4.02. The number of carbonyl (C=O) groups excluding carboxylic acids is 2. The number of carbonyl (C=O) groups is 2. The number of nitrogens with zero attached hydrogens (tertiary/aromatic N) is 1. The summed E-state index contributed by atoms with van der Waals surface area (Å²) in [5.74, 6) is -0.0258. The molecule has 0 unspecified atom stereocenters. The number of benzene rings is 1. The Morgan fingerprint density at radius 2 is 1.62 bits per heavy atom. The van der Waals surface area contributed by atoms with Gasteiger partial charge in [0.2, 0.25) is 7.59 Å². The average molecular weight is 489 g/mol. The second-order valence-corrected chi connectivity index (χ2v) is 9.81.